The summed E-state index contributed by atoms with van der Waals surface area (Å²) in [6.07, 6.45) is 4.05. The average Bonchev–Trinajstić information content (AvgIpc) is 2.29. The predicted octanol–water partition coefficient (Wildman–Crippen LogP) is 2.28. The van der Waals surface area contributed by atoms with Crippen LogP contribution in [0.25, 0.3) is 0 Å². The van der Waals surface area contributed by atoms with Crippen LogP contribution in [0.4, 0.5) is 0 Å². The highest BCUT2D eigenvalue weighted by atomic mass is 32.2. The largest absolute Gasteiger partial charge is 0.394 e. The molecule has 0 atom stereocenters. The number of hydrogen-bond acceptors (Lipinski definition) is 3. The van der Waals surface area contributed by atoms with Crippen LogP contribution in [0, 0.1) is 11.3 Å². The highest BCUT2D eigenvalue weighted by Gasteiger charge is 2.37. The van der Waals surface area contributed by atoms with Crippen LogP contribution in [-0.2, 0) is 10.0 Å². The molecule has 0 aliphatic heterocycles. The van der Waals surface area contributed by atoms with E-state index in [2.05, 4.69) is 11.6 Å². The van der Waals surface area contributed by atoms with Crippen LogP contribution in [0.3, 0.4) is 0 Å². The van der Waals surface area contributed by atoms with Crippen LogP contribution in [-0.4, -0.2) is 31.4 Å². The van der Waals surface area contributed by atoms with Gasteiger partial charge in [-0.3, -0.25) is 0 Å². The Labute approximate surface area is 118 Å². The van der Waals surface area contributed by atoms with Gasteiger partial charge in [0.25, 0.3) is 0 Å². The summed E-state index contributed by atoms with van der Waals surface area (Å²) in [5.41, 5.74) is -0.620. The lowest BCUT2D eigenvalue weighted by Gasteiger charge is -2.38. The lowest BCUT2D eigenvalue weighted by molar-refractivity contribution is 0.125. The number of rotatable bonds is 5. The standard InChI is InChI=1S/C14H29NO3S/c1-12-5-7-14(11-16,8-6-12)15-19(17,18)10-9-13(2,3)4/h12,15-16H,5-11H2,1-4H3. The van der Waals surface area contributed by atoms with Gasteiger partial charge in [0.15, 0.2) is 0 Å². The fraction of sp³-hybridized carbons (Fsp3) is 1.00. The maximum absolute atomic E-state index is 12.2. The number of nitrogens with one attached hydrogen (secondary N) is 1. The van der Waals surface area contributed by atoms with E-state index in [9.17, 15) is 13.5 Å². The van der Waals surface area contributed by atoms with Gasteiger partial charge in [-0.25, -0.2) is 13.1 Å². The quantitative estimate of drug-likeness (QED) is 0.816. The molecule has 0 aromatic carbocycles. The molecule has 0 amide bonds. The van der Waals surface area contributed by atoms with E-state index in [0.29, 0.717) is 12.3 Å². The lowest BCUT2D eigenvalue weighted by Crippen LogP contribution is -2.53. The van der Waals surface area contributed by atoms with Gasteiger partial charge in [-0.2, -0.15) is 0 Å². The zero-order chi connectivity index (χ0) is 14.7. The molecular formula is C14H29NO3S. The fourth-order valence-corrected chi connectivity index (χ4v) is 4.34. The van der Waals surface area contributed by atoms with Crippen molar-refractivity contribution in [2.45, 2.75) is 65.3 Å². The Morgan fingerprint density at radius 1 is 1.26 bits per heavy atom. The smallest absolute Gasteiger partial charge is 0.212 e. The van der Waals surface area contributed by atoms with Crippen LogP contribution in [0.5, 0.6) is 0 Å². The maximum atomic E-state index is 12.2. The molecule has 0 spiro atoms. The van der Waals surface area contributed by atoms with E-state index < -0.39 is 15.6 Å². The number of sulfonamides is 1. The van der Waals surface area contributed by atoms with Crippen molar-refractivity contribution in [3.05, 3.63) is 0 Å². The second-order valence-corrected chi connectivity index (χ2v) is 9.19. The zero-order valence-corrected chi connectivity index (χ0v) is 13.5. The molecule has 0 heterocycles. The number of aliphatic hydroxyl groups is 1. The molecule has 0 aromatic heterocycles. The van der Waals surface area contributed by atoms with Gasteiger partial charge in [0.05, 0.1) is 17.9 Å². The Kier molecular flexibility index (Phi) is 5.43. The lowest BCUT2D eigenvalue weighted by atomic mass is 9.78. The molecule has 19 heavy (non-hydrogen) atoms. The normalized spacial score (nSPS) is 29.4. The average molecular weight is 291 g/mol. The Balaban J connectivity index is 2.64. The third-order valence-electron chi connectivity index (χ3n) is 4.03. The van der Waals surface area contributed by atoms with Gasteiger partial charge in [0.2, 0.25) is 10.0 Å². The van der Waals surface area contributed by atoms with Gasteiger partial charge in [0, 0.05) is 0 Å². The van der Waals surface area contributed by atoms with E-state index in [1.165, 1.54) is 0 Å². The SMILES string of the molecule is CC1CCC(CO)(NS(=O)(=O)CCC(C)(C)C)CC1. The van der Waals surface area contributed by atoms with Crippen molar-refractivity contribution in [1.29, 1.82) is 0 Å². The van der Waals surface area contributed by atoms with Gasteiger partial charge in [-0.05, 0) is 43.4 Å². The first-order valence-electron chi connectivity index (χ1n) is 7.20. The third kappa shape index (κ3) is 5.79. The summed E-state index contributed by atoms with van der Waals surface area (Å²) in [4.78, 5) is 0. The highest BCUT2D eigenvalue weighted by molar-refractivity contribution is 7.89. The molecular weight excluding hydrogens is 262 g/mol. The molecule has 5 heteroatoms. The number of hydrogen-bond donors (Lipinski definition) is 2. The maximum Gasteiger partial charge on any atom is 0.212 e. The van der Waals surface area contributed by atoms with E-state index in [-0.39, 0.29) is 17.8 Å². The first-order chi connectivity index (χ1) is 8.58. The Hall–Kier alpha value is -0.130. The van der Waals surface area contributed by atoms with Crippen LogP contribution < -0.4 is 4.72 Å². The van der Waals surface area contributed by atoms with E-state index >= 15 is 0 Å². The topological polar surface area (TPSA) is 66.4 Å². The second-order valence-electron chi connectivity index (χ2n) is 7.35. The first kappa shape index (κ1) is 16.9. The van der Waals surface area contributed by atoms with Crippen molar-refractivity contribution in [3.63, 3.8) is 0 Å². The highest BCUT2D eigenvalue weighted by Crippen LogP contribution is 2.32. The molecule has 0 unspecified atom stereocenters. The molecule has 114 valence electrons. The van der Waals surface area contributed by atoms with E-state index in [4.69, 9.17) is 0 Å². The molecule has 2 N–H and O–H groups in total. The van der Waals surface area contributed by atoms with Crippen molar-refractivity contribution in [1.82, 2.24) is 4.72 Å². The fourth-order valence-electron chi connectivity index (χ4n) is 2.43. The molecule has 0 aromatic rings. The molecule has 0 bridgehead atoms. The van der Waals surface area contributed by atoms with E-state index in [1.54, 1.807) is 0 Å². The van der Waals surface area contributed by atoms with Gasteiger partial charge < -0.3 is 5.11 Å². The van der Waals surface area contributed by atoms with Crippen molar-refractivity contribution in [2.24, 2.45) is 11.3 Å². The van der Waals surface area contributed by atoms with Crippen LogP contribution >= 0.6 is 0 Å². The Morgan fingerprint density at radius 2 is 1.79 bits per heavy atom. The monoisotopic (exact) mass is 291 g/mol. The summed E-state index contributed by atoms with van der Waals surface area (Å²) in [5.74, 6) is 0.757. The van der Waals surface area contributed by atoms with E-state index in [0.717, 1.165) is 25.7 Å². The van der Waals surface area contributed by atoms with Crippen molar-refractivity contribution < 1.29 is 13.5 Å². The predicted molar refractivity (Wildman–Crippen MR) is 78.4 cm³/mol. The first-order valence-corrected chi connectivity index (χ1v) is 8.85. The summed E-state index contributed by atoms with van der Waals surface area (Å²) in [6, 6.07) is 0. The van der Waals surface area contributed by atoms with Crippen LogP contribution in [0.2, 0.25) is 0 Å². The molecule has 1 fully saturated rings. The molecule has 1 saturated carbocycles. The molecule has 1 aliphatic carbocycles. The summed E-state index contributed by atoms with van der Waals surface area (Å²) in [6.45, 7) is 8.18. The molecule has 0 saturated heterocycles. The van der Waals surface area contributed by atoms with Gasteiger partial charge in [-0.1, -0.05) is 27.7 Å². The van der Waals surface area contributed by atoms with Crippen molar-refractivity contribution in [3.8, 4) is 0 Å². The summed E-state index contributed by atoms with van der Waals surface area (Å²) in [7, 11) is -3.31. The Morgan fingerprint density at radius 3 is 2.21 bits per heavy atom. The zero-order valence-electron chi connectivity index (χ0n) is 12.7. The third-order valence-corrected chi connectivity index (χ3v) is 5.51. The Bertz CT molecular complexity index is 376. The summed E-state index contributed by atoms with van der Waals surface area (Å²) >= 11 is 0. The summed E-state index contributed by atoms with van der Waals surface area (Å²) in [5, 5.41) is 9.59. The molecule has 1 rings (SSSR count). The van der Waals surface area contributed by atoms with Gasteiger partial charge in [0.1, 0.15) is 0 Å². The second kappa shape index (κ2) is 6.10. The number of aliphatic hydroxyl groups excluding tert-OH is 1. The molecule has 0 radical (unpaired) electrons. The molecule has 4 nitrogen and oxygen atoms in total. The van der Waals surface area contributed by atoms with Crippen molar-refractivity contribution in [2.75, 3.05) is 12.4 Å². The van der Waals surface area contributed by atoms with Crippen LogP contribution in [0.15, 0.2) is 0 Å². The van der Waals surface area contributed by atoms with Gasteiger partial charge in [-0.15, -0.1) is 0 Å². The van der Waals surface area contributed by atoms with Gasteiger partial charge >= 0.3 is 0 Å². The minimum atomic E-state index is -3.31. The summed E-state index contributed by atoms with van der Waals surface area (Å²) < 4.78 is 27.1. The van der Waals surface area contributed by atoms with Crippen molar-refractivity contribution >= 4 is 10.0 Å². The minimum absolute atomic E-state index is 0.00219. The van der Waals surface area contributed by atoms with E-state index in [1.807, 2.05) is 20.8 Å². The van der Waals surface area contributed by atoms with Crippen LogP contribution in [0.1, 0.15) is 59.8 Å². The molecule has 1 aliphatic rings. The minimum Gasteiger partial charge on any atom is -0.394 e.